The van der Waals surface area contributed by atoms with E-state index in [4.69, 9.17) is 21.4 Å². The van der Waals surface area contributed by atoms with Gasteiger partial charge in [-0.3, -0.25) is 4.90 Å². The van der Waals surface area contributed by atoms with Crippen molar-refractivity contribution in [1.29, 1.82) is 0 Å². The van der Waals surface area contributed by atoms with Gasteiger partial charge in [0.25, 0.3) is 4.84 Å². The van der Waals surface area contributed by atoms with Crippen molar-refractivity contribution >= 4 is 22.2 Å². The number of hydrogen-bond acceptors (Lipinski definition) is 7. The zero-order valence-electron chi connectivity index (χ0n) is 17.5. The lowest BCUT2D eigenvalue weighted by molar-refractivity contribution is 0.0730. The van der Waals surface area contributed by atoms with Gasteiger partial charge in [-0.05, 0) is 55.2 Å². The van der Waals surface area contributed by atoms with Gasteiger partial charge in [-0.25, -0.2) is 17.5 Å². The lowest BCUT2D eigenvalue weighted by Crippen LogP contribution is -2.40. The second-order valence-electron chi connectivity index (χ2n) is 7.50. The van der Waals surface area contributed by atoms with Crippen LogP contribution in [-0.4, -0.2) is 60.8 Å². The second-order valence-corrected chi connectivity index (χ2v) is 9.79. The van der Waals surface area contributed by atoms with Crippen LogP contribution in [0.4, 0.5) is 4.39 Å². The third-order valence-corrected chi connectivity index (χ3v) is 7.22. The molecule has 4 rings (SSSR count). The summed E-state index contributed by atoms with van der Waals surface area (Å²) in [4.78, 5) is 2.29. The van der Waals surface area contributed by atoms with Crippen molar-refractivity contribution < 1.29 is 22.0 Å². The third kappa shape index (κ3) is 5.13. The molecule has 0 saturated carbocycles. The number of rotatable bonds is 7. The average Bonchev–Trinajstić information content (AvgIpc) is 3.16. The van der Waals surface area contributed by atoms with E-state index in [2.05, 4.69) is 5.10 Å². The topological polar surface area (TPSA) is 80.8 Å². The largest absolute Gasteiger partial charge is 0.409 e. The normalized spacial score (nSPS) is 15.3. The van der Waals surface area contributed by atoms with Gasteiger partial charge in [0.15, 0.2) is 0 Å². The monoisotopic (exact) mass is 478 g/mol. The molecule has 0 aliphatic carbocycles. The Bertz CT molecular complexity index is 1240. The molecule has 1 aliphatic rings. The molecular weight excluding hydrogens is 455 g/mol. The van der Waals surface area contributed by atoms with E-state index < -0.39 is 10.0 Å². The summed E-state index contributed by atoms with van der Waals surface area (Å²) in [6.45, 7) is 2.32. The summed E-state index contributed by atoms with van der Waals surface area (Å²) in [6, 6.07) is 12.8. The Hall–Kier alpha value is -2.44. The molecule has 3 aromatic rings. The Labute approximate surface area is 190 Å². The van der Waals surface area contributed by atoms with Crippen LogP contribution >= 0.6 is 12.2 Å². The molecule has 0 spiro atoms. The Morgan fingerprint density at radius 1 is 1.16 bits per heavy atom. The summed E-state index contributed by atoms with van der Waals surface area (Å²) in [7, 11) is -1.75. The van der Waals surface area contributed by atoms with Gasteiger partial charge in [-0.1, -0.05) is 18.2 Å². The molecule has 1 aliphatic heterocycles. The number of nitrogens with zero attached hydrogens (tertiary/aromatic N) is 4. The number of ether oxygens (including phenoxy) is 1. The number of hydrogen-bond donors (Lipinski definition) is 0. The summed E-state index contributed by atoms with van der Waals surface area (Å²) in [5, 5.41) is 4.43. The first-order valence-electron chi connectivity index (χ1n) is 10.0. The zero-order chi connectivity index (χ0) is 22.7. The van der Waals surface area contributed by atoms with Crippen LogP contribution in [0.3, 0.4) is 0 Å². The highest BCUT2D eigenvalue weighted by Crippen LogP contribution is 2.24. The first-order valence-corrected chi connectivity index (χ1v) is 11.9. The number of halogens is 1. The summed E-state index contributed by atoms with van der Waals surface area (Å²) < 4.78 is 52.8. The standard InChI is InChI=1S/C21H23FN4O4S2/c1-24(14-16-5-7-18(22)8-6-16)15-26-21(31)30-20(23-26)17-3-2-4-19(13-17)32(27,28)25-9-11-29-12-10-25/h2-8,13H,9-12,14-15H2,1H3. The molecule has 1 saturated heterocycles. The number of benzene rings is 2. The van der Waals surface area contributed by atoms with Crippen molar-refractivity contribution in [2.45, 2.75) is 18.1 Å². The Morgan fingerprint density at radius 2 is 1.88 bits per heavy atom. The van der Waals surface area contributed by atoms with Crippen LogP contribution in [0.5, 0.6) is 0 Å². The van der Waals surface area contributed by atoms with E-state index >= 15 is 0 Å². The predicted octanol–water partition coefficient (Wildman–Crippen LogP) is 3.12. The quantitative estimate of drug-likeness (QED) is 0.483. The maximum absolute atomic E-state index is 13.1. The SMILES string of the molecule is CN(Cc1ccc(F)cc1)Cn1nc(-c2cccc(S(=O)(=O)N3CCOCC3)c2)oc1=S. The van der Waals surface area contributed by atoms with Crippen molar-refractivity contribution in [2.24, 2.45) is 0 Å². The molecule has 32 heavy (non-hydrogen) atoms. The summed E-state index contributed by atoms with van der Waals surface area (Å²) >= 11 is 5.30. The number of aromatic nitrogens is 2. The van der Waals surface area contributed by atoms with Crippen LogP contribution in [0.1, 0.15) is 5.56 Å². The smallest absolute Gasteiger partial charge is 0.288 e. The van der Waals surface area contributed by atoms with Gasteiger partial charge >= 0.3 is 0 Å². The van der Waals surface area contributed by atoms with E-state index in [-0.39, 0.29) is 21.4 Å². The van der Waals surface area contributed by atoms with E-state index in [9.17, 15) is 12.8 Å². The average molecular weight is 479 g/mol. The summed E-state index contributed by atoms with van der Waals surface area (Å²) in [5.41, 5.74) is 1.47. The molecule has 0 atom stereocenters. The van der Waals surface area contributed by atoms with Crippen LogP contribution in [0.15, 0.2) is 57.8 Å². The molecule has 2 heterocycles. The Balaban J connectivity index is 1.51. The minimum Gasteiger partial charge on any atom is -0.409 e. The Kier molecular flexibility index (Phi) is 6.82. The van der Waals surface area contributed by atoms with E-state index in [1.165, 1.54) is 27.2 Å². The molecule has 0 radical (unpaired) electrons. The predicted molar refractivity (Wildman–Crippen MR) is 118 cm³/mol. The Morgan fingerprint density at radius 3 is 2.59 bits per heavy atom. The zero-order valence-corrected chi connectivity index (χ0v) is 19.1. The van der Waals surface area contributed by atoms with E-state index in [1.54, 1.807) is 30.3 Å². The van der Waals surface area contributed by atoms with Crippen LogP contribution < -0.4 is 0 Å². The maximum atomic E-state index is 13.1. The maximum Gasteiger partial charge on any atom is 0.288 e. The first-order chi connectivity index (χ1) is 15.3. The van der Waals surface area contributed by atoms with Gasteiger partial charge in [0, 0.05) is 25.2 Å². The first kappa shape index (κ1) is 22.7. The van der Waals surface area contributed by atoms with Crippen LogP contribution in [0, 0.1) is 10.7 Å². The lowest BCUT2D eigenvalue weighted by atomic mass is 10.2. The minimum absolute atomic E-state index is 0.168. The highest BCUT2D eigenvalue weighted by molar-refractivity contribution is 7.89. The fourth-order valence-corrected chi connectivity index (χ4v) is 5.05. The van der Waals surface area contributed by atoms with E-state index in [0.717, 1.165) is 5.56 Å². The molecular formula is C21H23FN4O4S2. The molecule has 11 heteroatoms. The molecule has 0 bridgehead atoms. The van der Waals surface area contributed by atoms with Crippen LogP contribution in [-0.2, 0) is 28.0 Å². The third-order valence-electron chi connectivity index (χ3n) is 5.04. The van der Waals surface area contributed by atoms with Crippen LogP contribution in [0.25, 0.3) is 11.5 Å². The molecule has 170 valence electrons. The van der Waals surface area contributed by atoms with Crippen molar-refractivity contribution in [1.82, 2.24) is 19.0 Å². The van der Waals surface area contributed by atoms with Crippen molar-refractivity contribution in [3.63, 3.8) is 0 Å². The molecule has 1 fully saturated rings. The molecule has 8 nitrogen and oxygen atoms in total. The van der Waals surface area contributed by atoms with Gasteiger partial charge in [0.05, 0.1) is 24.8 Å². The molecule has 0 unspecified atom stereocenters. The van der Waals surface area contributed by atoms with E-state index in [0.29, 0.717) is 45.1 Å². The molecule has 2 aromatic carbocycles. The summed E-state index contributed by atoms with van der Waals surface area (Å²) in [5.74, 6) is -0.0400. The second kappa shape index (κ2) is 9.59. The van der Waals surface area contributed by atoms with Crippen LogP contribution in [0.2, 0.25) is 0 Å². The molecule has 0 N–H and O–H groups in total. The van der Waals surface area contributed by atoms with Crippen molar-refractivity contribution in [3.8, 4) is 11.5 Å². The van der Waals surface area contributed by atoms with Gasteiger partial charge in [-0.2, -0.15) is 4.31 Å². The van der Waals surface area contributed by atoms with Gasteiger partial charge in [0.2, 0.25) is 15.9 Å². The van der Waals surface area contributed by atoms with Crippen molar-refractivity contribution in [3.05, 3.63) is 64.7 Å². The van der Waals surface area contributed by atoms with E-state index in [1.807, 2.05) is 11.9 Å². The number of sulfonamides is 1. The van der Waals surface area contributed by atoms with Gasteiger partial charge in [-0.15, -0.1) is 5.10 Å². The van der Waals surface area contributed by atoms with Crippen molar-refractivity contribution in [2.75, 3.05) is 33.4 Å². The highest BCUT2D eigenvalue weighted by atomic mass is 32.2. The fourth-order valence-electron chi connectivity index (χ4n) is 3.42. The highest BCUT2D eigenvalue weighted by Gasteiger charge is 2.27. The van der Waals surface area contributed by atoms with Gasteiger partial charge in [0.1, 0.15) is 5.82 Å². The van der Waals surface area contributed by atoms with Gasteiger partial charge < -0.3 is 9.15 Å². The minimum atomic E-state index is -3.64. The fraction of sp³-hybridized carbons (Fsp3) is 0.333. The summed E-state index contributed by atoms with van der Waals surface area (Å²) in [6.07, 6.45) is 0. The molecule has 1 aromatic heterocycles. The number of morpholine rings is 1. The molecule has 0 amide bonds. The lowest BCUT2D eigenvalue weighted by Gasteiger charge is -2.26.